The van der Waals surface area contributed by atoms with Gasteiger partial charge in [0.15, 0.2) is 0 Å². The van der Waals surface area contributed by atoms with E-state index in [4.69, 9.17) is 5.73 Å². The first-order valence-electron chi connectivity index (χ1n) is 4.68. The van der Waals surface area contributed by atoms with Crippen LogP contribution >= 0.6 is 0 Å². The normalized spacial score (nSPS) is 13.1. The number of nitrogens with two attached hydrogens (primary N) is 1. The van der Waals surface area contributed by atoms with E-state index in [0.29, 0.717) is 13.1 Å². The van der Waals surface area contributed by atoms with E-state index in [1.165, 1.54) is 5.56 Å². The van der Waals surface area contributed by atoms with Crippen molar-refractivity contribution in [2.24, 2.45) is 5.73 Å². The van der Waals surface area contributed by atoms with E-state index in [0.717, 1.165) is 6.54 Å². The molecule has 0 spiro atoms. The minimum Gasteiger partial charge on any atom is -0.390 e. The Bertz CT molecular complexity index is 253. The molecule has 14 heavy (non-hydrogen) atoms. The number of hydrogen-bond acceptors (Lipinski definition) is 4. The van der Waals surface area contributed by atoms with Crippen LogP contribution in [0.5, 0.6) is 0 Å². The molecule has 78 valence electrons. The lowest BCUT2D eigenvalue weighted by Crippen LogP contribution is -2.33. The molecule has 1 aromatic heterocycles. The van der Waals surface area contributed by atoms with Gasteiger partial charge in [0.1, 0.15) is 0 Å². The predicted octanol–water partition coefficient (Wildman–Crippen LogP) is -0.167. The molecule has 1 heterocycles. The number of aliphatic hydroxyl groups excluding tert-OH is 1. The minimum absolute atomic E-state index is 0.306. The van der Waals surface area contributed by atoms with Crippen LogP contribution in [0.15, 0.2) is 24.5 Å². The molecule has 0 amide bonds. The second kappa shape index (κ2) is 5.70. The third kappa shape index (κ3) is 3.83. The third-order valence-corrected chi connectivity index (χ3v) is 2.00. The van der Waals surface area contributed by atoms with Crippen molar-refractivity contribution in [3.63, 3.8) is 0 Å². The molecular weight excluding hydrogens is 178 g/mol. The molecule has 1 atom stereocenters. The zero-order valence-electron chi connectivity index (χ0n) is 8.43. The number of hydrogen-bond donors (Lipinski definition) is 2. The Hall–Kier alpha value is -0.970. The smallest absolute Gasteiger partial charge is 0.0789 e. The highest BCUT2D eigenvalue weighted by atomic mass is 16.3. The second-order valence-electron chi connectivity index (χ2n) is 3.44. The molecule has 0 aliphatic rings. The van der Waals surface area contributed by atoms with Crippen molar-refractivity contribution in [1.82, 2.24) is 9.88 Å². The van der Waals surface area contributed by atoms with Crippen molar-refractivity contribution >= 4 is 0 Å². The van der Waals surface area contributed by atoms with Gasteiger partial charge in [0.05, 0.1) is 6.10 Å². The molecule has 0 aliphatic heterocycles. The van der Waals surface area contributed by atoms with E-state index in [1.54, 1.807) is 12.4 Å². The van der Waals surface area contributed by atoms with Crippen LogP contribution in [-0.2, 0) is 6.54 Å². The molecule has 1 unspecified atom stereocenters. The molecule has 3 N–H and O–H groups in total. The van der Waals surface area contributed by atoms with Crippen molar-refractivity contribution in [1.29, 1.82) is 0 Å². The van der Waals surface area contributed by atoms with Crippen LogP contribution in [0.4, 0.5) is 0 Å². The van der Waals surface area contributed by atoms with E-state index >= 15 is 0 Å². The lowest BCUT2D eigenvalue weighted by atomic mass is 10.2. The summed E-state index contributed by atoms with van der Waals surface area (Å²) in [6, 6.07) is 3.93. The highest BCUT2D eigenvalue weighted by molar-refractivity contribution is 5.09. The molecule has 0 fully saturated rings. The van der Waals surface area contributed by atoms with Crippen LogP contribution in [0, 0.1) is 0 Å². The Balaban J connectivity index is 2.37. The number of nitrogens with zero attached hydrogens (tertiary/aromatic N) is 2. The largest absolute Gasteiger partial charge is 0.390 e. The molecule has 0 aromatic carbocycles. The fraction of sp³-hybridized carbons (Fsp3) is 0.500. The zero-order chi connectivity index (χ0) is 10.4. The first-order valence-corrected chi connectivity index (χ1v) is 4.68. The summed E-state index contributed by atoms with van der Waals surface area (Å²) < 4.78 is 0. The topological polar surface area (TPSA) is 62.4 Å². The summed E-state index contributed by atoms with van der Waals surface area (Å²) in [5.41, 5.74) is 6.51. The van der Waals surface area contributed by atoms with Crippen molar-refractivity contribution < 1.29 is 5.11 Å². The van der Waals surface area contributed by atoms with Gasteiger partial charge >= 0.3 is 0 Å². The summed E-state index contributed by atoms with van der Waals surface area (Å²) in [6.45, 7) is 1.71. The summed E-state index contributed by atoms with van der Waals surface area (Å²) >= 11 is 0. The Kier molecular flexibility index (Phi) is 4.52. The highest BCUT2D eigenvalue weighted by Crippen LogP contribution is 2.01. The van der Waals surface area contributed by atoms with Gasteiger partial charge in [-0.25, -0.2) is 0 Å². The molecule has 0 radical (unpaired) electrons. The van der Waals surface area contributed by atoms with Gasteiger partial charge in [-0.15, -0.1) is 0 Å². The van der Waals surface area contributed by atoms with Gasteiger partial charge in [0.25, 0.3) is 0 Å². The third-order valence-electron chi connectivity index (χ3n) is 2.00. The molecule has 1 aromatic rings. The lowest BCUT2D eigenvalue weighted by molar-refractivity contribution is 0.129. The standard InChI is InChI=1S/C10H17N3O/c1-13(8-10(14)6-11)7-9-2-4-12-5-3-9/h2-5,10,14H,6-8,11H2,1H3. The first-order chi connectivity index (χ1) is 6.72. The summed E-state index contributed by atoms with van der Waals surface area (Å²) in [4.78, 5) is 5.98. The number of rotatable bonds is 5. The first kappa shape index (κ1) is 11.1. The van der Waals surface area contributed by atoms with Crippen molar-refractivity contribution in [3.8, 4) is 0 Å². The summed E-state index contributed by atoms with van der Waals surface area (Å²) in [6.07, 6.45) is 3.09. The number of pyridine rings is 1. The molecule has 0 saturated heterocycles. The molecule has 4 heteroatoms. The Morgan fingerprint density at radius 3 is 2.71 bits per heavy atom. The Labute approximate surface area is 84.4 Å². The van der Waals surface area contributed by atoms with Crippen LogP contribution in [0.1, 0.15) is 5.56 Å². The SMILES string of the molecule is CN(Cc1ccncc1)CC(O)CN. The summed E-state index contributed by atoms with van der Waals surface area (Å²) in [5, 5.41) is 9.33. The van der Waals surface area contributed by atoms with E-state index in [1.807, 2.05) is 24.1 Å². The molecule has 0 bridgehead atoms. The number of aromatic nitrogens is 1. The lowest BCUT2D eigenvalue weighted by Gasteiger charge is -2.19. The number of aliphatic hydroxyl groups is 1. The second-order valence-corrected chi connectivity index (χ2v) is 3.44. The summed E-state index contributed by atoms with van der Waals surface area (Å²) in [7, 11) is 1.96. The van der Waals surface area contributed by atoms with Gasteiger partial charge in [-0.3, -0.25) is 9.88 Å². The highest BCUT2D eigenvalue weighted by Gasteiger charge is 2.05. The molecular formula is C10H17N3O. The molecule has 4 nitrogen and oxygen atoms in total. The average molecular weight is 195 g/mol. The Morgan fingerprint density at radius 1 is 1.50 bits per heavy atom. The van der Waals surface area contributed by atoms with Crippen molar-refractivity contribution in [3.05, 3.63) is 30.1 Å². The monoisotopic (exact) mass is 195 g/mol. The van der Waals surface area contributed by atoms with Crippen LogP contribution in [0.2, 0.25) is 0 Å². The van der Waals surface area contributed by atoms with Gasteiger partial charge in [-0.2, -0.15) is 0 Å². The maximum atomic E-state index is 9.33. The van der Waals surface area contributed by atoms with Gasteiger partial charge < -0.3 is 10.8 Å². The maximum Gasteiger partial charge on any atom is 0.0789 e. The van der Waals surface area contributed by atoms with Crippen LogP contribution < -0.4 is 5.73 Å². The van der Waals surface area contributed by atoms with Crippen molar-refractivity contribution in [2.45, 2.75) is 12.6 Å². The molecule has 0 saturated carbocycles. The van der Waals surface area contributed by atoms with Crippen LogP contribution in [0.3, 0.4) is 0 Å². The van der Waals surface area contributed by atoms with Gasteiger partial charge in [-0.1, -0.05) is 0 Å². The fourth-order valence-corrected chi connectivity index (χ4v) is 1.30. The maximum absolute atomic E-state index is 9.33. The van der Waals surface area contributed by atoms with E-state index in [9.17, 15) is 5.11 Å². The minimum atomic E-state index is -0.443. The van der Waals surface area contributed by atoms with Gasteiger partial charge in [-0.05, 0) is 24.7 Å². The van der Waals surface area contributed by atoms with Crippen LogP contribution in [0.25, 0.3) is 0 Å². The van der Waals surface area contributed by atoms with Gasteiger partial charge in [0.2, 0.25) is 0 Å². The predicted molar refractivity (Wildman–Crippen MR) is 55.6 cm³/mol. The quantitative estimate of drug-likeness (QED) is 0.685. The van der Waals surface area contributed by atoms with Crippen LogP contribution in [-0.4, -0.2) is 41.2 Å². The van der Waals surface area contributed by atoms with E-state index in [2.05, 4.69) is 4.98 Å². The number of likely N-dealkylation sites (N-methyl/N-ethyl adjacent to an activating group) is 1. The Morgan fingerprint density at radius 2 is 2.14 bits per heavy atom. The van der Waals surface area contributed by atoms with Crippen molar-refractivity contribution in [2.75, 3.05) is 20.1 Å². The van der Waals surface area contributed by atoms with Gasteiger partial charge in [0, 0.05) is 32.0 Å². The molecule has 0 aliphatic carbocycles. The zero-order valence-corrected chi connectivity index (χ0v) is 8.43. The van der Waals surface area contributed by atoms with E-state index in [-0.39, 0.29) is 0 Å². The fourth-order valence-electron chi connectivity index (χ4n) is 1.30. The molecule has 1 rings (SSSR count). The average Bonchev–Trinajstić information content (AvgIpc) is 2.19. The van der Waals surface area contributed by atoms with E-state index < -0.39 is 6.10 Å². The summed E-state index contributed by atoms with van der Waals surface area (Å²) in [5.74, 6) is 0.